The molecule has 0 amide bonds. The summed E-state index contributed by atoms with van der Waals surface area (Å²) in [7, 11) is 1.14. The van der Waals surface area contributed by atoms with Gasteiger partial charge in [-0.15, -0.1) is 0 Å². The van der Waals surface area contributed by atoms with Gasteiger partial charge in [0.15, 0.2) is 6.23 Å². The standard InChI is InChI=1S/C17H16ClF3N2O3/c1-25-16(24)11-8-10(12(9-13(11)18)17(19,20)21)14-5-6-22-23(14)15-4-2-3-7-26-15/h5-6,8-9,15H,2-4,7H2,1H3. The van der Waals surface area contributed by atoms with Gasteiger partial charge < -0.3 is 9.47 Å². The number of carbonyl (C=O) groups excluding carboxylic acids is 1. The van der Waals surface area contributed by atoms with Gasteiger partial charge in [-0.3, -0.25) is 0 Å². The number of halogens is 4. The molecule has 1 aliphatic rings. The van der Waals surface area contributed by atoms with E-state index in [1.54, 1.807) is 0 Å². The molecule has 1 aliphatic heterocycles. The molecule has 140 valence electrons. The molecule has 3 rings (SSSR count). The molecular formula is C17H16ClF3N2O3. The van der Waals surface area contributed by atoms with Crippen molar-refractivity contribution < 1.29 is 27.4 Å². The lowest BCUT2D eigenvalue weighted by Gasteiger charge is -2.25. The second-order valence-corrected chi connectivity index (χ2v) is 6.26. The van der Waals surface area contributed by atoms with Crippen molar-refractivity contribution in [2.75, 3.05) is 13.7 Å². The maximum atomic E-state index is 13.6. The lowest BCUT2D eigenvalue weighted by molar-refractivity contribution is -0.137. The minimum atomic E-state index is -4.66. The second-order valence-electron chi connectivity index (χ2n) is 5.85. The van der Waals surface area contributed by atoms with Gasteiger partial charge in [0, 0.05) is 18.4 Å². The number of ether oxygens (including phenoxy) is 2. The second kappa shape index (κ2) is 7.28. The van der Waals surface area contributed by atoms with Gasteiger partial charge in [0.1, 0.15) is 0 Å². The van der Waals surface area contributed by atoms with E-state index in [1.807, 2.05) is 0 Å². The number of esters is 1. The highest BCUT2D eigenvalue weighted by Crippen LogP contribution is 2.41. The Morgan fingerprint density at radius 2 is 2.15 bits per heavy atom. The fourth-order valence-corrected chi connectivity index (χ4v) is 3.20. The van der Waals surface area contributed by atoms with Crippen LogP contribution in [0, 0.1) is 0 Å². The van der Waals surface area contributed by atoms with Gasteiger partial charge in [-0.2, -0.15) is 18.3 Å². The molecule has 0 aliphatic carbocycles. The molecule has 1 unspecified atom stereocenters. The molecule has 1 aromatic heterocycles. The summed E-state index contributed by atoms with van der Waals surface area (Å²) in [4.78, 5) is 11.9. The Balaban J connectivity index is 2.17. The molecule has 5 nitrogen and oxygen atoms in total. The Morgan fingerprint density at radius 1 is 1.38 bits per heavy atom. The van der Waals surface area contributed by atoms with Crippen LogP contribution < -0.4 is 0 Å². The van der Waals surface area contributed by atoms with E-state index in [9.17, 15) is 18.0 Å². The predicted molar refractivity (Wildman–Crippen MR) is 87.9 cm³/mol. The fourth-order valence-electron chi connectivity index (χ4n) is 2.96. The van der Waals surface area contributed by atoms with Crippen molar-refractivity contribution in [2.45, 2.75) is 31.7 Å². The van der Waals surface area contributed by atoms with E-state index >= 15 is 0 Å². The van der Waals surface area contributed by atoms with E-state index in [4.69, 9.17) is 16.3 Å². The van der Waals surface area contributed by atoms with E-state index in [0.29, 0.717) is 13.0 Å². The van der Waals surface area contributed by atoms with E-state index in [1.165, 1.54) is 16.9 Å². The fraction of sp³-hybridized carbons (Fsp3) is 0.412. The Morgan fingerprint density at radius 3 is 2.77 bits per heavy atom. The number of methoxy groups -OCH3 is 1. The summed E-state index contributed by atoms with van der Waals surface area (Å²) in [6.45, 7) is 0.518. The van der Waals surface area contributed by atoms with Gasteiger partial charge in [0.05, 0.1) is 29.0 Å². The molecule has 1 aromatic carbocycles. The molecule has 2 aromatic rings. The van der Waals surface area contributed by atoms with Crippen LogP contribution in [0.25, 0.3) is 11.3 Å². The number of rotatable bonds is 3. The van der Waals surface area contributed by atoms with E-state index < -0.39 is 23.9 Å². The maximum absolute atomic E-state index is 13.6. The van der Waals surface area contributed by atoms with Gasteiger partial charge in [-0.25, -0.2) is 9.48 Å². The average molecular weight is 389 g/mol. The summed E-state index contributed by atoms with van der Waals surface area (Å²) >= 11 is 5.88. The number of hydrogen-bond acceptors (Lipinski definition) is 4. The Bertz CT molecular complexity index is 814. The summed E-state index contributed by atoms with van der Waals surface area (Å²) in [6, 6.07) is 3.28. The van der Waals surface area contributed by atoms with Crippen molar-refractivity contribution in [1.29, 1.82) is 0 Å². The Hall–Kier alpha value is -2.06. The molecule has 1 atom stereocenters. The lowest BCUT2D eigenvalue weighted by Crippen LogP contribution is -2.20. The summed E-state index contributed by atoms with van der Waals surface area (Å²) in [6.07, 6.45) is -1.27. The Labute approximate surface area is 152 Å². The summed E-state index contributed by atoms with van der Waals surface area (Å²) in [5, 5.41) is 3.81. The molecule has 26 heavy (non-hydrogen) atoms. The molecule has 0 radical (unpaired) electrons. The molecule has 1 fully saturated rings. The minimum Gasteiger partial charge on any atom is -0.465 e. The number of aromatic nitrogens is 2. The van der Waals surface area contributed by atoms with Crippen molar-refractivity contribution in [2.24, 2.45) is 0 Å². The predicted octanol–water partition coefficient (Wildman–Crippen LogP) is 4.71. The van der Waals surface area contributed by atoms with Crippen LogP contribution in [-0.2, 0) is 15.7 Å². The molecule has 1 saturated heterocycles. The first-order chi connectivity index (χ1) is 12.3. The van der Waals surface area contributed by atoms with Crippen LogP contribution in [0.2, 0.25) is 5.02 Å². The van der Waals surface area contributed by atoms with Crippen LogP contribution in [0.1, 0.15) is 41.4 Å². The van der Waals surface area contributed by atoms with Crippen molar-refractivity contribution in [1.82, 2.24) is 9.78 Å². The number of nitrogens with zero attached hydrogens (tertiary/aromatic N) is 2. The van der Waals surface area contributed by atoms with Crippen molar-refractivity contribution in [3.63, 3.8) is 0 Å². The third kappa shape index (κ3) is 3.57. The minimum absolute atomic E-state index is 0.144. The molecule has 2 heterocycles. The molecular weight excluding hydrogens is 373 g/mol. The van der Waals surface area contributed by atoms with Gasteiger partial charge in [0.25, 0.3) is 0 Å². The van der Waals surface area contributed by atoms with Crippen LogP contribution in [0.3, 0.4) is 0 Å². The van der Waals surface area contributed by atoms with E-state index in [-0.39, 0.29) is 21.8 Å². The SMILES string of the molecule is COC(=O)c1cc(-c2ccnn2C2CCCCO2)c(C(F)(F)F)cc1Cl. The first kappa shape index (κ1) is 18.7. The van der Waals surface area contributed by atoms with Crippen molar-refractivity contribution >= 4 is 17.6 Å². The molecule has 0 bridgehead atoms. The number of carbonyl (C=O) groups is 1. The molecule has 0 N–H and O–H groups in total. The summed E-state index contributed by atoms with van der Waals surface area (Å²) < 4.78 is 52.4. The highest BCUT2D eigenvalue weighted by atomic mass is 35.5. The van der Waals surface area contributed by atoms with Crippen molar-refractivity contribution in [3.05, 3.63) is 40.5 Å². The van der Waals surface area contributed by atoms with Crippen LogP contribution in [0.4, 0.5) is 13.2 Å². The normalized spacial score (nSPS) is 18.0. The van der Waals surface area contributed by atoms with Gasteiger partial charge in [0.2, 0.25) is 0 Å². The van der Waals surface area contributed by atoms with Gasteiger partial charge in [-0.1, -0.05) is 11.6 Å². The van der Waals surface area contributed by atoms with Crippen molar-refractivity contribution in [3.8, 4) is 11.3 Å². The number of benzene rings is 1. The largest absolute Gasteiger partial charge is 0.465 e. The zero-order valence-corrected chi connectivity index (χ0v) is 14.6. The third-order valence-corrected chi connectivity index (χ3v) is 4.51. The van der Waals surface area contributed by atoms with Crippen LogP contribution >= 0.6 is 11.6 Å². The summed E-state index contributed by atoms with van der Waals surface area (Å²) in [5.74, 6) is -0.815. The molecule has 0 spiro atoms. The monoisotopic (exact) mass is 388 g/mol. The number of alkyl halides is 3. The van der Waals surface area contributed by atoms with Crippen LogP contribution in [0.15, 0.2) is 24.4 Å². The van der Waals surface area contributed by atoms with E-state index in [2.05, 4.69) is 9.84 Å². The first-order valence-electron chi connectivity index (χ1n) is 7.97. The molecule has 9 heteroatoms. The zero-order chi connectivity index (χ0) is 18.9. The van der Waals surface area contributed by atoms with Crippen LogP contribution in [0.5, 0.6) is 0 Å². The zero-order valence-electron chi connectivity index (χ0n) is 13.8. The van der Waals surface area contributed by atoms with Gasteiger partial charge in [-0.05, 0) is 37.5 Å². The third-order valence-electron chi connectivity index (χ3n) is 4.19. The highest BCUT2D eigenvalue weighted by Gasteiger charge is 2.36. The maximum Gasteiger partial charge on any atom is 0.417 e. The van der Waals surface area contributed by atoms with Crippen LogP contribution in [-0.4, -0.2) is 29.5 Å². The first-order valence-corrected chi connectivity index (χ1v) is 8.35. The van der Waals surface area contributed by atoms with E-state index in [0.717, 1.165) is 32.1 Å². The summed E-state index contributed by atoms with van der Waals surface area (Å²) in [5.41, 5.74) is -1.10. The average Bonchev–Trinajstić information content (AvgIpc) is 3.10. The topological polar surface area (TPSA) is 53.3 Å². The highest BCUT2D eigenvalue weighted by molar-refractivity contribution is 6.33. The number of hydrogen-bond donors (Lipinski definition) is 0. The quantitative estimate of drug-likeness (QED) is 0.715. The smallest absolute Gasteiger partial charge is 0.417 e. The van der Waals surface area contributed by atoms with Gasteiger partial charge >= 0.3 is 12.1 Å². The lowest BCUT2D eigenvalue weighted by atomic mass is 10.00. The molecule has 0 saturated carbocycles. The Kier molecular flexibility index (Phi) is 5.24.